The van der Waals surface area contributed by atoms with Crippen LogP contribution in [-0.2, 0) is 0 Å². The molecule has 0 heterocycles. The third kappa shape index (κ3) is 3.19. The van der Waals surface area contributed by atoms with Crippen molar-refractivity contribution in [2.75, 3.05) is 13.2 Å². The first-order valence-electron chi connectivity index (χ1n) is 4.35. The largest absolute Gasteiger partial charge is 1.00 e. The SMILES string of the molecule is NCCCOc1c(F)c(F)c(F)c(F)c1F.[Cl-]. The number of benzene rings is 1. The van der Waals surface area contributed by atoms with E-state index in [0.717, 1.165) is 0 Å². The van der Waals surface area contributed by atoms with Crippen LogP contribution in [-0.4, -0.2) is 13.2 Å². The van der Waals surface area contributed by atoms with Crippen LogP contribution in [0.4, 0.5) is 22.0 Å². The number of hydrogen-bond acceptors (Lipinski definition) is 2. The van der Waals surface area contributed by atoms with Crippen molar-refractivity contribution in [1.82, 2.24) is 0 Å². The predicted molar refractivity (Wildman–Crippen MR) is 45.4 cm³/mol. The second-order valence-corrected chi connectivity index (χ2v) is 2.89. The molecule has 0 aliphatic rings. The monoisotopic (exact) mass is 276 g/mol. The van der Waals surface area contributed by atoms with Crippen molar-refractivity contribution in [3.05, 3.63) is 29.1 Å². The molecule has 0 saturated heterocycles. The van der Waals surface area contributed by atoms with E-state index in [1.54, 1.807) is 0 Å². The second-order valence-electron chi connectivity index (χ2n) is 2.89. The molecule has 0 fully saturated rings. The van der Waals surface area contributed by atoms with Gasteiger partial charge in [0.05, 0.1) is 6.61 Å². The normalized spacial score (nSPS) is 10.0. The minimum Gasteiger partial charge on any atom is -1.00 e. The molecule has 0 aromatic heterocycles. The lowest BCUT2D eigenvalue weighted by molar-refractivity contribution is -0.00000622. The summed E-state index contributed by atoms with van der Waals surface area (Å²) in [5.41, 5.74) is 5.08. The molecule has 0 aliphatic carbocycles. The van der Waals surface area contributed by atoms with Gasteiger partial charge in [-0.25, -0.2) is 13.2 Å². The van der Waals surface area contributed by atoms with E-state index in [2.05, 4.69) is 4.74 Å². The Hall–Kier alpha value is -1.08. The van der Waals surface area contributed by atoms with E-state index in [-0.39, 0.29) is 32.0 Å². The summed E-state index contributed by atoms with van der Waals surface area (Å²) < 4.78 is 68.2. The molecule has 0 saturated carbocycles. The number of nitrogens with two attached hydrogens (primary N) is 1. The van der Waals surface area contributed by atoms with Crippen LogP contribution in [0, 0.1) is 29.1 Å². The van der Waals surface area contributed by atoms with Gasteiger partial charge in [-0.2, -0.15) is 8.78 Å². The van der Waals surface area contributed by atoms with Gasteiger partial charge in [0, 0.05) is 0 Å². The molecule has 2 N–H and O–H groups in total. The van der Waals surface area contributed by atoms with Crippen LogP contribution < -0.4 is 22.9 Å². The Labute approximate surface area is 100.0 Å². The summed E-state index contributed by atoms with van der Waals surface area (Å²) in [6, 6.07) is 0. The zero-order chi connectivity index (χ0) is 12.3. The summed E-state index contributed by atoms with van der Waals surface area (Å²) in [7, 11) is 0. The smallest absolute Gasteiger partial charge is 0.206 e. The van der Waals surface area contributed by atoms with Gasteiger partial charge in [-0.05, 0) is 13.0 Å². The van der Waals surface area contributed by atoms with E-state index in [0.29, 0.717) is 0 Å². The van der Waals surface area contributed by atoms with Crippen molar-refractivity contribution in [2.45, 2.75) is 6.42 Å². The highest BCUT2D eigenvalue weighted by Gasteiger charge is 2.26. The van der Waals surface area contributed by atoms with Crippen LogP contribution in [0.2, 0.25) is 0 Å². The van der Waals surface area contributed by atoms with Gasteiger partial charge in [0.25, 0.3) is 0 Å². The molecule has 8 heteroatoms. The van der Waals surface area contributed by atoms with E-state index in [1.807, 2.05) is 0 Å². The Kier molecular flexibility index (Phi) is 6.19. The molecule has 0 spiro atoms. The summed E-state index contributed by atoms with van der Waals surface area (Å²) in [4.78, 5) is 0. The minimum atomic E-state index is -2.21. The average Bonchev–Trinajstić information content (AvgIpc) is 2.28. The highest BCUT2D eigenvalue weighted by atomic mass is 35.5. The molecule has 1 aromatic carbocycles. The fourth-order valence-electron chi connectivity index (χ4n) is 0.969. The third-order valence-electron chi connectivity index (χ3n) is 1.76. The predicted octanol–water partition coefficient (Wildman–Crippen LogP) is -0.886. The first-order chi connectivity index (χ1) is 7.50. The zero-order valence-corrected chi connectivity index (χ0v) is 9.13. The van der Waals surface area contributed by atoms with Gasteiger partial charge in [-0.1, -0.05) is 0 Å². The fourth-order valence-corrected chi connectivity index (χ4v) is 0.969. The molecule has 98 valence electrons. The van der Waals surface area contributed by atoms with Gasteiger partial charge >= 0.3 is 0 Å². The zero-order valence-electron chi connectivity index (χ0n) is 8.37. The van der Waals surface area contributed by atoms with Gasteiger partial charge in [-0.3, -0.25) is 0 Å². The minimum absolute atomic E-state index is 0. The third-order valence-corrected chi connectivity index (χ3v) is 1.76. The van der Waals surface area contributed by atoms with Crippen molar-refractivity contribution in [3.63, 3.8) is 0 Å². The van der Waals surface area contributed by atoms with Gasteiger partial charge in [0.15, 0.2) is 5.75 Å². The molecular weight excluding hydrogens is 269 g/mol. The van der Waals surface area contributed by atoms with E-state index >= 15 is 0 Å². The van der Waals surface area contributed by atoms with Crippen molar-refractivity contribution < 1.29 is 39.1 Å². The van der Waals surface area contributed by atoms with E-state index in [1.165, 1.54) is 0 Å². The number of hydrogen-bond donors (Lipinski definition) is 1. The van der Waals surface area contributed by atoms with Crippen LogP contribution in [0.3, 0.4) is 0 Å². The highest BCUT2D eigenvalue weighted by molar-refractivity contribution is 5.29. The number of halogens is 6. The highest BCUT2D eigenvalue weighted by Crippen LogP contribution is 2.28. The van der Waals surface area contributed by atoms with Crippen molar-refractivity contribution in [1.29, 1.82) is 0 Å². The van der Waals surface area contributed by atoms with E-state index in [4.69, 9.17) is 5.73 Å². The van der Waals surface area contributed by atoms with Gasteiger partial charge in [0.2, 0.25) is 29.1 Å². The quantitative estimate of drug-likeness (QED) is 0.335. The van der Waals surface area contributed by atoms with Crippen LogP contribution in [0.5, 0.6) is 5.75 Å². The Bertz CT molecular complexity index is 372. The average molecular weight is 277 g/mol. The summed E-state index contributed by atoms with van der Waals surface area (Å²) in [5.74, 6) is -11.5. The second kappa shape index (κ2) is 6.61. The van der Waals surface area contributed by atoms with Crippen LogP contribution >= 0.6 is 0 Å². The van der Waals surface area contributed by atoms with Gasteiger partial charge < -0.3 is 22.9 Å². The fraction of sp³-hybridized carbons (Fsp3) is 0.333. The molecule has 0 amide bonds. The molecular formula is C9H8ClF5NO-. The first kappa shape index (κ1) is 15.9. The Morgan fingerprint density at radius 1 is 0.824 bits per heavy atom. The standard InChI is InChI=1S/C9H8F5NO.ClH/c10-4-5(11)7(13)9(8(14)6(4)12)16-3-1-2-15;/h1-3,15H2;1H/p-1. The molecule has 0 aliphatic heterocycles. The summed E-state index contributed by atoms with van der Waals surface area (Å²) in [5, 5.41) is 0. The molecule has 17 heavy (non-hydrogen) atoms. The molecule has 0 unspecified atom stereocenters. The van der Waals surface area contributed by atoms with Crippen LogP contribution in [0.25, 0.3) is 0 Å². The summed E-state index contributed by atoms with van der Waals surface area (Å²) >= 11 is 0. The van der Waals surface area contributed by atoms with Crippen molar-refractivity contribution in [2.24, 2.45) is 5.73 Å². The van der Waals surface area contributed by atoms with E-state index in [9.17, 15) is 22.0 Å². The van der Waals surface area contributed by atoms with E-state index < -0.39 is 34.8 Å². The van der Waals surface area contributed by atoms with Gasteiger partial charge in [0.1, 0.15) is 0 Å². The molecule has 0 bridgehead atoms. The first-order valence-corrected chi connectivity index (χ1v) is 4.35. The molecule has 2 nitrogen and oxygen atoms in total. The lowest BCUT2D eigenvalue weighted by Crippen LogP contribution is -3.00. The number of ether oxygens (including phenoxy) is 1. The Balaban J connectivity index is 0.00000256. The van der Waals surface area contributed by atoms with Crippen molar-refractivity contribution in [3.8, 4) is 5.75 Å². The number of rotatable bonds is 4. The summed E-state index contributed by atoms with van der Waals surface area (Å²) in [6.45, 7) is -0.0513. The van der Waals surface area contributed by atoms with Crippen LogP contribution in [0.15, 0.2) is 0 Å². The maximum atomic E-state index is 13.0. The maximum Gasteiger partial charge on any atom is 0.206 e. The molecule has 0 radical (unpaired) electrons. The Morgan fingerprint density at radius 2 is 1.24 bits per heavy atom. The topological polar surface area (TPSA) is 35.2 Å². The molecule has 0 atom stereocenters. The maximum absolute atomic E-state index is 13.0. The lowest BCUT2D eigenvalue weighted by Gasteiger charge is -2.09. The summed E-state index contributed by atoms with van der Waals surface area (Å²) in [6.07, 6.45) is 0.236. The van der Waals surface area contributed by atoms with Crippen LogP contribution in [0.1, 0.15) is 6.42 Å². The van der Waals surface area contributed by atoms with Crippen molar-refractivity contribution >= 4 is 0 Å². The van der Waals surface area contributed by atoms with Gasteiger partial charge in [-0.15, -0.1) is 0 Å². The molecule has 1 rings (SSSR count). The molecule has 1 aromatic rings. The Morgan fingerprint density at radius 3 is 1.65 bits per heavy atom. The lowest BCUT2D eigenvalue weighted by atomic mass is 10.2.